The number of phenolic OH excluding ortho intramolecular Hbond substituents is 2. The first-order valence-corrected chi connectivity index (χ1v) is 8.34. The molecule has 1 unspecified atom stereocenters. The van der Waals surface area contributed by atoms with Gasteiger partial charge in [-0.3, -0.25) is 4.98 Å². The lowest BCUT2D eigenvalue weighted by atomic mass is 9.84. The Bertz CT molecular complexity index is 763. The lowest BCUT2D eigenvalue weighted by Gasteiger charge is -2.23. The molecule has 24 heavy (non-hydrogen) atoms. The summed E-state index contributed by atoms with van der Waals surface area (Å²) >= 11 is 6.23. The van der Waals surface area contributed by atoms with E-state index in [1.807, 2.05) is 0 Å². The molecule has 5 nitrogen and oxygen atoms in total. The molecule has 0 aliphatic heterocycles. The zero-order valence-electron chi connectivity index (χ0n) is 13.5. The van der Waals surface area contributed by atoms with Crippen molar-refractivity contribution in [2.45, 2.75) is 38.6 Å². The van der Waals surface area contributed by atoms with Gasteiger partial charge in [-0.05, 0) is 32.3 Å². The summed E-state index contributed by atoms with van der Waals surface area (Å²) in [7, 11) is 0. The van der Waals surface area contributed by atoms with Crippen molar-refractivity contribution in [3.8, 4) is 11.5 Å². The van der Waals surface area contributed by atoms with Crippen molar-refractivity contribution >= 4 is 17.4 Å². The summed E-state index contributed by atoms with van der Waals surface area (Å²) < 4.78 is 0. The van der Waals surface area contributed by atoms with E-state index in [1.54, 1.807) is 18.6 Å². The van der Waals surface area contributed by atoms with Crippen LogP contribution in [0.25, 0.3) is 0 Å². The fourth-order valence-corrected chi connectivity index (χ4v) is 3.38. The van der Waals surface area contributed by atoms with E-state index in [0.29, 0.717) is 28.5 Å². The predicted octanol–water partition coefficient (Wildman–Crippen LogP) is 4.37. The number of hydrogen-bond donors (Lipinski definition) is 3. The highest BCUT2D eigenvalue weighted by molar-refractivity contribution is 6.31. The highest BCUT2D eigenvalue weighted by Crippen LogP contribution is 2.44. The van der Waals surface area contributed by atoms with Crippen LogP contribution in [0.4, 0.5) is 5.82 Å². The molecule has 2 aromatic rings. The molecule has 1 atom stereocenters. The Morgan fingerprint density at radius 2 is 2.17 bits per heavy atom. The second kappa shape index (κ2) is 7.09. The van der Waals surface area contributed by atoms with Gasteiger partial charge in [0, 0.05) is 36.0 Å². The minimum Gasteiger partial charge on any atom is -0.507 e. The normalized spacial score (nSPS) is 17.4. The Morgan fingerprint density at radius 3 is 2.88 bits per heavy atom. The zero-order chi connectivity index (χ0) is 17.1. The van der Waals surface area contributed by atoms with Crippen LogP contribution in [0.3, 0.4) is 0 Å². The van der Waals surface area contributed by atoms with Gasteiger partial charge < -0.3 is 15.5 Å². The van der Waals surface area contributed by atoms with E-state index in [2.05, 4.69) is 28.3 Å². The first-order chi connectivity index (χ1) is 11.6. The average molecular weight is 346 g/mol. The zero-order valence-corrected chi connectivity index (χ0v) is 14.2. The van der Waals surface area contributed by atoms with Crippen LogP contribution in [-0.4, -0.2) is 20.2 Å². The van der Waals surface area contributed by atoms with Gasteiger partial charge in [-0.15, -0.1) is 0 Å². The number of aromatic nitrogens is 2. The van der Waals surface area contributed by atoms with Crippen LogP contribution < -0.4 is 5.32 Å². The van der Waals surface area contributed by atoms with Crippen molar-refractivity contribution in [1.82, 2.24) is 9.97 Å². The molecule has 1 aliphatic rings. The average Bonchev–Trinajstić information content (AvgIpc) is 2.55. The molecular weight excluding hydrogens is 326 g/mol. The molecule has 1 heterocycles. The molecule has 3 rings (SSSR count). The maximum Gasteiger partial charge on any atom is 0.144 e. The maximum atomic E-state index is 10.7. The third-order valence-corrected chi connectivity index (χ3v) is 4.66. The minimum absolute atomic E-state index is 0.00582. The van der Waals surface area contributed by atoms with Gasteiger partial charge in [0.05, 0.1) is 11.2 Å². The van der Waals surface area contributed by atoms with Crippen LogP contribution in [0, 0.1) is 0 Å². The molecule has 0 radical (unpaired) electrons. The number of allylic oxidation sites excluding steroid dienone is 2. The highest BCUT2D eigenvalue weighted by Gasteiger charge is 2.24. The molecule has 6 heteroatoms. The quantitative estimate of drug-likeness (QED) is 0.717. The van der Waals surface area contributed by atoms with Crippen molar-refractivity contribution in [2.24, 2.45) is 0 Å². The largest absolute Gasteiger partial charge is 0.507 e. The summed E-state index contributed by atoms with van der Waals surface area (Å²) in [5, 5.41) is 24.4. The van der Waals surface area contributed by atoms with Gasteiger partial charge in [-0.25, -0.2) is 4.98 Å². The summed E-state index contributed by atoms with van der Waals surface area (Å²) in [6, 6.07) is 1.50. The van der Waals surface area contributed by atoms with Gasteiger partial charge in [-0.1, -0.05) is 23.3 Å². The van der Waals surface area contributed by atoms with E-state index in [9.17, 15) is 10.2 Å². The van der Waals surface area contributed by atoms with Gasteiger partial charge in [0.25, 0.3) is 0 Å². The molecule has 0 amide bonds. The summed E-state index contributed by atoms with van der Waals surface area (Å²) in [5.74, 6) is 0.686. The second-order valence-electron chi connectivity index (χ2n) is 6.07. The van der Waals surface area contributed by atoms with E-state index in [-0.39, 0.29) is 17.4 Å². The fraction of sp³-hybridized carbons (Fsp3) is 0.333. The molecule has 0 spiro atoms. The topological polar surface area (TPSA) is 78.3 Å². The Morgan fingerprint density at radius 1 is 1.33 bits per heavy atom. The lowest BCUT2D eigenvalue weighted by molar-refractivity contribution is 0.425. The fourth-order valence-electron chi connectivity index (χ4n) is 3.12. The summed E-state index contributed by atoms with van der Waals surface area (Å²) in [6.07, 6.45) is 9.89. The Balaban J connectivity index is 1.92. The van der Waals surface area contributed by atoms with Gasteiger partial charge in [0.15, 0.2) is 0 Å². The van der Waals surface area contributed by atoms with Crippen molar-refractivity contribution in [3.05, 3.63) is 52.5 Å². The molecule has 126 valence electrons. The van der Waals surface area contributed by atoms with Crippen molar-refractivity contribution in [2.75, 3.05) is 5.32 Å². The van der Waals surface area contributed by atoms with Crippen LogP contribution >= 0.6 is 11.6 Å². The lowest BCUT2D eigenvalue weighted by Crippen LogP contribution is -2.07. The Labute approximate surface area is 146 Å². The first kappa shape index (κ1) is 16.6. The molecule has 0 bridgehead atoms. The molecule has 3 N–H and O–H groups in total. The molecule has 1 aromatic carbocycles. The van der Waals surface area contributed by atoms with Crippen LogP contribution in [0.2, 0.25) is 5.02 Å². The van der Waals surface area contributed by atoms with E-state index < -0.39 is 0 Å². The number of rotatable bonds is 4. The molecule has 0 saturated carbocycles. The second-order valence-corrected chi connectivity index (χ2v) is 6.48. The number of nitrogens with one attached hydrogen (secondary N) is 1. The van der Waals surface area contributed by atoms with Gasteiger partial charge >= 0.3 is 0 Å². The SMILES string of the molecule is CC1=CC(c2c(O)cc(Cl)c(CNc3cnccn3)c2O)CCC1. The predicted molar refractivity (Wildman–Crippen MR) is 94.5 cm³/mol. The van der Waals surface area contributed by atoms with Crippen LogP contribution in [-0.2, 0) is 6.54 Å². The van der Waals surface area contributed by atoms with Crippen molar-refractivity contribution in [1.29, 1.82) is 0 Å². The Kier molecular flexibility index (Phi) is 4.90. The monoisotopic (exact) mass is 345 g/mol. The van der Waals surface area contributed by atoms with Crippen LogP contribution in [0.5, 0.6) is 11.5 Å². The standard InChI is InChI=1S/C18H20ClN3O2/c1-11-3-2-4-12(7-11)17-15(23)8-14(19)13(18(17)24)9-22-16-10-20-5-6-21-16/h5-8,10,12,23-24H,2-4,9H2,1H3,(H,21,22). The van der Waals surface area contributed by atoms with Gasteiger partial charge in [0.2, 0.25) is 0 Å². The number of hydrogen-bond acceptors (Lipinski definition) is 5. The van der Waals surface area contributed by atoms with E-state index in [0.717, 1.165) is 19.3 Å². The highest BCUT2D eigenvalue weighted by atomic mass is 35.5. The van der Waals surface area contributed by atoms with E-state index in [4.69, 9.17) is 11.6 Å². The van der Waals surface area contributed by atoms with E-state index in [1.165, 1.54) is 11.6 Å². The van der Waals surface area contributed by atoms with Gasteiger partial charge in [0.1, 0.15) is 17.3 Å². The number of phenols is 2. The van der Waals surface area contributed by atoms with Crippen LogP contribution in [0.1, 0.15) is 43.2 Å². The minimum atomic E-state index is 0.00582. The third kappa shape index (κ3) is 3.46. The van der Waals surface area contributed by atoms with Crippen molar-refractivity contribution in [3.63, 3.8) is 0 Å². The summed E-state index contributed by atoms with van der Waals surface area (Å²) in [6.45, 7) is 2.37. The number of halogens is 1. The Hall–Kier alpha value is -2.27. The van der Waals surface area contributed by atoms with Gasteiger partial charge in [-0.2, -0.15) is 0 Å². The number of nitrogens with zero attached hydrogens (tertiary/aromatic N) is 2. The third-order valence-electron chi connectivity index (χ3n) is 4.32. The number of aromatic hydroxyl groups is 2. The number of anilines is 1. The molecule has 1 aromatic heterocycles. The van der Waals surface area contributed by atoms with Crippen molar-refractivity contribution < 1.29 is 10.2 Å². The summed E-state index contributed by atoms with van der Waals surface area (Å²) in [4.78, 5) is 8.12. The number of benzene rings is 1. The maximum absolute atomic E-state index is 10.7. The molecule has 0 saturated heterocycles. The van der Waals surface area contributed by atoms with Crippen LogP contribution in [0.15, 0.2) is 36.3 Å². The molecule has 0 fully saturated rings. The first-order valence-electron chi connectivity index (χ1n) is 7.96. The summed E-state index contributed by atoms with van der Waals surface area (Å²) in [5.41, 5.74) is 2.38. The smallest absolute Gasteiger partial charge is 0.144 e. The van der Waals surface area contributed by atoms with E-state index >= 15 is 0 Å². The molecular formula is C18H20ClN3O2. The molecule has 1 aliphatic carbocycles.